The number of hydrogen-bond donors (Lipinski definition) is 1. The number of carboxylic acid groups (broad SMARTS) is 1. The third kappa shape index (κ3) is 12.8. The second-order valence-corrected chi connectivity index (χ2v) is 7.40. The Labute approximate surface area is 151 Å². The number of aliphatic carboxylic acids is 1. The maximum Gasteiger partial charge on any atom is 0.303 e. The highest BCUT2D eigenvalue weighted by atomic mass is 16.4. The number of quaternary nitrogens is 1. The predicted octanol–water partition coefficient (Wildman–Crippen LogP) is 6.02. The summed E-state index contributed by atoms with van der Waals surface area (Å²) in [7, 11) is 0. The molecule has 0 spiro atoms. The third-order valence-electron chi connectivity index (χ3n) is 5.79. The van der Waals surface area contributed by atoms with E-state index in [0.717, 1.165) is 12.8 Å². The van der Waals surface area contributed by atoms with Crippen molar-refractivity contribution in [3.8, 4) is 0 Å². The predicted molar refractivity (Wildman–Crippen MR) is 104 cm³/mol. The molecule has 0 amide bonds. The number of nitrogens with zero attached hydrogens (tertiary/aromatic N) is 1. The molecule has 0 saturated heterocycles. The van der Waals surface area contributed by atoms with Crippen LogP contribution in [0.4, 0.5) is 0 Å². The van der Waals surface area contributed by atoms with Gasteiger partial charge in [-0.3, -0.25) is 4.79 Å². The topological polar surface area (TPSA) is 37.3 Å². The van der Waals surface area contributed by atoms with Crippen molar-refractivity contribution in [2.45, 2.75) is 104 Å². The number of carbonyl (C=O) groups is 1. The van der Waals surface area contributed by atoms with Gasteiger partial charge in [-0.05, 0) is 40.0 Å². The van der Waals surface area contributed by atoms with Gasteiger partial charge in [0.25, 0.3) is 0 Å². The summed E-state index contributed by atoms with van der Waals surface area (Å²) in [6, 6.07) is 0. The molecule has 0 saturated carbocycles. The third-order valence-corrected chi connectivity index (χ3v) is 5.79. The van der Waals surface area contributed by atoms with E-state index in [1.807, 2.05) is 0 Å². The van der Waals surface area contributed by atoms with Gasteiger partial charge in [0, 0.05) is 6.42 Å². The van der Waals surface area contributed by atoms with Gasteiger partial charge in [0.05, 0.1) is 26.2 Å². The molecule has 144 valence electrons. The van der Waals surface area contributed by atoms with Crippen molar-refractivity contribution in [1.29, 1.82) is 0 Å². The molecule has 0 aromatic carbocycles. The molecule has 24 heavy (non-hydrogen) atoms. The summed E-state index contributed by atoms with van der Waals surface area (Å²) in [5.41, 5.74) is 0. The molecule has 3 nitrogen and oxygen atoms in total. The van der Waals surface area contributed by atoms with Gasteiger partial charge < -0.3 is 9.59 Å². The van der Waals surface area contributed by atoms with Gasteiger partial charge in [-0.1, -0.05) is 57.8 Å². The van der Waals surface area contributed by atoms with E-state index in [-0.39, 0.29) is 0 Å². The van der Waals surface area contributed by atoms with Crippen molar-refractivity contribution < 1.29 is 14.4 Å². The summed E-state index contributed by atoms with van der Waals surface area (Å²) in [5, 5.41) is 8.57. The average molecular weight is 343 g/mol. The fourth-order valence-electron chi connectivity index (χ4n) is 3.64. The Bertz CT molecular complexity index is 279. The molecule has 1 N–H and O–H groups in total. The van der Waals surface area contributed by atoms with Gasteiger partial charge in [-0.15, -0.1) is 0 Å². The van der Waals surface area contributed by atoms with E-state index in [1.54, 1.807) is 0 Å². The lowest BCUT2D eigenvalue weighted by Crippen LogP contribution is -2.48. The van der Waals surface area contributed by atoms with Crippen molar-refractivity contribution in [2.75, 3.05) is 26.2 Å². The van der Waals surface area contributed by atoms with Gasteiger partial charge >= 0.3 is 5.97 Å². The van der Waals surface area contributed by atoms with Crippen LogP contribution in [0, 0.1) is 0 Å². The zero-order chi connectivity index (χ0) is 18.1. The summed E-state index contributed by atoms with van der Waals surface area (Å²) >= 11 is 0. The molecule has 0 radical (unpaired) electrons. The van der Waals surface area contributed by atoms with Crippen molar-refractivity contribution in [2.24, 2.45) is 0 Å². The molecule has 0 aromatic heterocycles. The van der Waals surface area contributed by atoms with Crippen molar-refractivity contribution in [1.82, 2.24) is 0 Å². The van der Waals surface area contributed by atoms with E-state index in [0.29, 0.717) is 6.42 Å². The Hall–Kier alpha value is -0.570. The zero-order valence-corrected chi connectivity index (χ0v) is 16.8. The van der Waals surface area contributed by atoms with E-state index >= 15 is 0 Å². The highest BCUT2D eigenvalue weighted by Crippen LogP contribution is 2.14. The van der Waals surface area contributed by atoms with E-state index in [2.05, 4.69) is 20.8 Å². The summed E-state index contributed by atoms with van der Waals surface area (Å²) in [4.78, 5) is 10.4. The van der Waals surface area contributed by atoms with Crippen LogP contribution >= 0.6 is 0 Å². The normalized spacial score (nSPS) is 11.8. The zero-order valence-electron chi connectivity index (χ0n) is 16.8. The van der Waals surface area contributed by atoms with Crippen LogP contribution in [-0.4, -0.2) is 41.7 Å². The minimum absolute atomic E-state index is 0.342. The number of hydrogen-bond acceptors (Lipinski definition) is 1. The molecular weight excluding hydrogens is 298 g/mol. The molecule has 0 bridgehead atoms. The Morgan fingerprint density at radius 1 is 0.625 bits per heavy atom. The van der Waals surface area contributed by atoms with E-state index < -0.39 is 5.97 Å². The summed E-state index contributed by atoms with van der Waals surface area (Å²) < 4.78 is 1.30. The van der Waals surface area contributed by atoms with Gasteiger partial charge in [-0.2, -0.15) is 0 Å². The van der Waals surface area contributed by atoms with Crippen LogP contribution < -0.4 is 0 Å². The minimum Gasteiger partial charge on any atom is -0.481 e. The van der Waals surface area contributed by atoms with E-state index in [4.69, 9.17) is 5.11 Å². The van der Waals surface area contributed by atoms with Crippen molar-refractivity contribution in [3.05, 3.63) is 0 Å². The van der Waals surface area contributed by atoms with Gasteiger partial charge in [0.2, 0.25) is 0 Å². The van der Waals surface area contributed by atoms with E-state index in [1.165, 1.54) is 94.9 Å². The Balaban J connectivity index is 3.27. The van der Waals surface area contributed by atoms with Crippen molar-refractivity contribution in [3.63, 3.8) is 0 Å². The van der Waals surface area contributed by atoms with Crippen LogP contribution in [0.15, 0.2) is 0 Å². The van der Waals surface area contributed by atoms with E-state index in [9.17, 15) is 4.79 Å². The second-order valence-electron chi connectivity index (χ2n) is 7.40. The Morgan fingerprint density at radius 2 is 0.958 bits per heavy atom. The first kappa shape index (κ1) is 23.4. The highest BCUT2D eigenvalue weighted by Gasteiger charge is 2.19. The Kier molecular flexibility index (Phi) is 15.6. The van der Waals surface area contributed by atoms with Gasteiger partial charge in [-0.25, -0.2) is 0 Å². The molecule has 0 atom stereocenters. The second kappa shape index (κ2) is 15.9. The smallest absolute Gasteiger partial charge is 0.303 e. The first-order valence-electron chi connectivity index (χ1n) is 10.7. The van der Waals surface area contributed by atoms with Crippen LogP contribution in [0.25, 0.3) is 0 Å². The molecule has 0 aliphatic carbocycles. The fourth-order valence-corrected chi connectivity index (χ4v) is 3.64. The van der Waals surface area contributed by atoms with Crippen molar-refractivity contribution >= 4 is 5.97 Å². The first-order valence-corrected chi connectivity index (χ1v) is 10.7. The Morgan fingerprint density at radius 3 is 1.29 bits per heavy atom. The molecule has 0 rings (SSSR count). The molecule has 3 heteroatoms. The molecule has 0 aliphatic heterocycles. The maximum atomic E-state index is 10.4. The summed E-state index contributed by atoms with van der Waals surface area (Å²) in [5.74, 6) is -0.654. The monoisotopic (exact) mass is 342 g/mol. The standard InChI is InChI=1S/C21H43NO2/c1-4-22(5-2,6-3)20-18-16-14-12-10-8-7-9-11-13-15-17-19-21(23)24/h4-20H2,1-3H3/p+1. The summed E-state index contributed by atoms with van der Waals surface area (Å²) in [6.07, 6.45) is 15.9. The van der Waals surface area contributed by atoms with Crippen LogP contribution in [0.5, 0.6) is 0 Å². The number of rotatable bonds is 18. The van der Waals surface area contributed by atoms with Gasteiger partial charge in [0.15, 0.2) is 0 Å². The lowest BCUT2D eigenvalue weighted by atomic mass is 10.0. The minimum atomic E-state index is -0.654. The van der Waals surface area contributed by atoms with Crippen LogP contribution in [-0.2, 0) is 4.79 Å². The fraction of sp³-hybridized carbons (Fsp3) is 0.952. The number of unbranched alkanes of at least 4 members (excludes halogenated alkanes) is 11. The van der Waals surface area contributed by atoms with Crippen LogP contribution in [0.3, 0.4) is 0 Å². The first-order chi connectivity index (χ1) is 11.6. The molecular formula is C21H44NO2+. The van der Waals surface area contributed by atoms with Crippen LogP contribution in [0.2, 0.25) is 0 Å². The SMILES string of the molecule is CC[N+](CC)(CC)CCCCCCCCCCCCCCC(=O)O. The largest absolute Gasteiger partial charge is 0.481 e. The molecule has 0 fully saturated rings. The van der Waals surface area contributed by atoms with Crippen LogP contribution in [0.1, 0.15) is 104 Å². The molecule has 0 aliphatic rings. The summed E-state index contributed by atoms with van der Waals surface area (Å²) in [6.45, 7) is 12.2. The average Bonchev–Trinajstić information content (AvgIpc) is 2.59. The number of carboxylic acids is 1. The molecule has 0 unspecified atom stereocenters. The molecule has 0 heterocycles. The maximum absolute atomic E-state index is 10.4. The van der Waals surface area contributed by atoms with Gasteiger partial charge in [0.1, 0.15) is 0 Å². The lowest BCUT2D eigenvalue weighted by molar-refractivity contribution is -0.923. The molecule has 0 aromatic rings. The highest BCUT2D eigenvalue weighted by molar-refractivity contribution is 5.66. The lowest BCUT2D eigenvalue weighted by Gasteiger charge is -2.35. The quantitative estimate of drug-likeness (QED) is 0.244.